The predicted molar refractivity (Wildman–Crippen MR) is 108 cm³/mol. The second-order valence-corrected chi connectivity index (χ2v) is 6.84. The van der Waals surface area contributed by atoms with Crippen molar-refractivity contribution in [2.24, 2.45) is 0 Å². The van der Waals surface area contributed by atoms with E-state index < -0.39 is 18.2 Å². The maximum absolute atomic E-state index is 10.3. The zero-order chi connectivity index (χ0) is 19.5. The Balaban J connectivity index is 3.54. The van der Waals surface area contributed by atoms with E-state index in [1.54, 1.807) is 6.08 Å². The molecule has 2 unspecified atom stereocenters. The van der Waals surface area contributed by atoms with Crippen LogP contribution in [-0.2, 0) is 4.79 Å². The first-order chi connectivity index (χ1) is 12.6. The van der Waals surface area contributed by atoms with Gasteiger partial charge in [-0.05, 0) is 25.7 Å². The number of hydrogen-bond donors (Lipinski definition) is 3. The van der Waals surface area contributed by atoms with Crippen LogP contribution in [0.5, 0.6) is 0 Å². The molecule has 4 nitrogen and oxygen atoms in total. The fourth-order valence-corrected chi connectivity index (χ4v) is 2.75. The molecular weight excluding hydrogens is 328 g/mol. The van der Waals surface area contributed by atoms with Gasteiger partial charge < -0.3 is 15.3 Å². The maximum Gasteiger partial charge on any atom is 0.328 e. The number of hydrogen-bond acceptors (Lipinski definition) is 3. The lowest BCUT2D eigenvalue weighted by atomic mass is 10.00. The first kappa shape index (κ1) is 24.6. The van der Waals surface area contributed by atoms with Gasteiger partial charge in [0.2, 0.25) is 0 Å². The summed E-state index contributed by atoms with van der Waals surface area (Å²) in [7, 11) is 0. The van der Waals surface area contributed by atoms with Crippen LogP contribution >= 0.6 is 0 Å². The molecule has 0 rings (SSSR count). The third kappa shape index (κ3) is 17.4. The third-order valence-electron chi connectivity index (χ3n) is 4.38. The zero-order valence-corrected chi connectivity index (χ0v) is 16.4. The van der Waals surface area contributed by atoms with E-state index in [0.717, 1.165) is 44.6 Å². The monoisotopic (exact) mass is 366 g/mol. The molecule has 0 fully saturated rings. The molecule has 0 amide bonds. The lowest BCUT2D eigenvalue weighted by Crippen LogP contribution is -2.25. The van der Waals surface area contributed by atoms with Gasteiger partial charge in [0, 0.05) is 6.08 Å². The van der Waals surface area contributed by atoms with E-state index in [2.05, 4.69) is 13.0 Å². The molecular formula is C22H38O4. The Labute approximate surface area is 159 Å². The molecule has 3 N–H and O–H groups in total. The summed E-state index contributed by atoms with van der Waals surface area (Å²) in [4.78, 5) is 10.3. The smallest absolute Gasteiger partial charge is 0.328 e. The molecule has 0 spiro atoms. The van der Waals surface area contributed by atoms with Gasteiger partial charge in [0.25, 0.3) is 0 Å². The molecule has 0 aromatic heterocycles. The summed E-state index contributed by atoms with van der Waals surface area (Å²) in [5.74, 6) is -0.946. The van der Waals surface area contributed by atoms with Crippen LogP contribution in [0.15, 0.2) is 36.5 Å². The highest BCUT2D eigenvalue weighted by molar-refractivity contribution is 5.80. The fourth-order valence-electron chi connectivity index (χ4n) is 2.75. The molecule has 0 aliphatic carbocycles. The van der Waals surface area contributed by atoms with Crippen molar-refractivity contribution in [1.82, 2.24) is 0 Å². The largest absolute Gasteiger partial charge is 0.478 e. The molecule has 26 heavy (non-hydrogen) atoms. The van der Waals surface area contributed by atoms with Crippen molar-refractivity contribution in [3.05, 3.63) is 36.5 Å². The lowest BCUT2D eigenvalue weighted by Gasteiger charge is -2.17. The summed E-state index contributed by atoms with van der Waals surface area (Å²) in [6, 6.07) is 0. The lowest BCUT2D eigenvalue weighted by molar-refractivity contribution is -0.131. The standard InChI is InChI=1S/C22H38O4/c1-2-3-4-5-11-14-17-20(23)21(24)18-15-12-9-7-6-8-10-13-16-19-22(25)26/h6,8,10,13,16,19-21,23-24H,2-5,7,9,11-12,14-15,17-18H2,1H3,(H,25,26). The summed E-state index contributed by atoms with van der Waals surface area (Å²) in [5, 5.41) is 28.4. The van der Waals surface area contributed by atoms with Crippen LogP contribution in [0.4, 0.5) is 0 Å². The van der Waals surface area contributed by atoms with E-state index in [1.807, 2.05) is 12.2 Å². The molecule has 0 saturated carbocycles. The number of carboxylic acids is 1. The second kappa shape index (κ2) is 18.4. The minimum Gasteiger partial charge on any atom is -0.478 e. The Morgan fingerprint density at radius 2 is 1.31 bits per heavy atom. The van der Waals surface area contributed by atoms with Crippen molar-refractivity contribution in [3.63, 3.8) is 0 Å². The van der Waals surface area contributed by atoms with Crippen LogP contribution in [0.25, 0.3) is 0 Å². The average Bonchev–Trinajstić information content (AvgIpc) is 2.61. The Bertz CT molecular complexity index is 412. The van der Waals surface area contributed by atoms with E-state index in [-0.39, 0.29) is 0 Å². The molecule has 0 bridgehead atoms. The number of allylic oxidation sites excluding steroid dienone is 5. The summed E-state index contributed by atoms with van der Waals surface area (Å²) in [6.45, 7) is 2.20. The van der Waals surface area contributed by atoms with Crippen LogP contribution in [-0.4, -0.2) is 33.5 Å². The number of carbonyl (C=O) groups is 1. The van der Waals surface area contributed by atoms with Crippen molar-refractivity contribution >= 4 is 5.97 Å². The number of unbranched alkanes of at least 4 members (excludes halogenated alkanes) is 8. The normalized spacial score (nSPS) is 14.6. The molecule has 150 valence electrons. The van der Waals surface area contributed by atoms with Gasteiger partial charge in [0.1, 0.15) is 0 Å². The van der Waals surface area contributed by atoms with E-state index in [4.69, 9.17) is 5.11 Å². The molecule has 0 heterocycles. The molecule has 0 radical (unpaired) electrons. The molecule has 0 aromatic carbocycles. The second-order valence-electron chi connectivity index (χ2n) is 6.84. The van der Waals surface area contributed by atoms with Crippen molar-refractivity contribution in [2.45, 2.75) is 96.2 Å². The van der Waals surface area contributed by atoms with Gasteiger partial charge >= 0.3 is 5.97 Å². The van der Waals surface area contributed by atoms with Crippen LogP contribution in [0.1, 0.15) is 84.0 Å². The Kier molecular flexibility index (Phi) is 17.4. The van der Waals surface area contributed by atoms with Crippen LogP contribution < -0.4 is 0 Å². The van der Waals surface area contributed by atoms with Gasteiger partial charge in [0.05, 0.1) is 12.2 Å². The van der Waals surface area contributed by atoms with Gasteiger partial charge in [-0.15, -0.1) is 0 Å². The minimum atomic E-state index is -0.946. The van der Waals surface area contributed by atoms with Gasteiger partial charge in [-0.1, -0.05) is 88.7 Å². The molecule has 4 heteroatoms. The van der Waals surface area contributed by atoms with Crippen LogP contribution in [0, 0.1) is 0 Å². The van der Waals surface area contributed by atoms with Gasteiger partial charge in [-0.25, -0.2) is 4.79 Å². The maximum atomic E-state index is 10.3. The zero-order valence-electron chi connectivity index (χ0n) is 16.4. The van der Waals surface area contributed by atoms with Gasteiger partial charge in [0.15, 0.2) is 0 Å². The topological polar surface area (TPSA) is 77.8 Å². The first-order valence-electron chi connectivity index (χ1n) is 10.2. The quantitative estimate of drug-likeness (QED) is 0.189. The molecule has 0 saturated heterocycles. The van der Waals surface area contributed by atoms with Crippen molar-refractivity contribution in [3.8, 4) is 0 Å². The van der Waals surface area contributed by atoms with E-state index in [0.29, 0.717) is 12.8 Å². The highest BCUT2D eigenvalue weighted by Gasteiger charge is 2.14. The number of rotatable bonds is 17. The van der Waals surface area contributed by atoms with E-state index in [1.165, 1.54) is 31.8 Å². The molecule has 0 aliphatic heterocycles. The molecule has 0 aliphatic rings. The highest BCUT2D eigenvalue weighted by Crippen LogP contribution is 2.14. The summed E-state index contributed by atoms with van der Waals surface area (Å²) in [5.41, 5.74) is 0. The fraction of sp³-hybridized carbons (Fsp3) is 0.682. The summed E-state index contributed by atoms with van der Waals surface area (Å²) in [6.07, 6.45) is 21.4. The van der Waals surface area contributed by atoms with Crippen LogP contribution in [0.3, 0.4) is 0 Å². The van der Waals surface area contributed by atoms with E-state index >= 15 is 0 Å². The first-order valence-corrected chi connectivity index (χ1v) is 10.2. The van der Waals surface area contributed by atoms with Gasteiger partial charge in [-0.2, -0.15) is 0 Å². The molecule has 0 aromatic rings. The third-order valence-corrected chi connectivity index (χ3v) is 4.38. The number of carboxylic acid groups (broad SMARTS) is 1. The SMILES string of the molecule is CCCCCCCCC(O)C(O)CCCCCC=CC=CC=CC(=O)O. The molecule has 2 atom stereocenters. The van der Waals surface area contributed by atoms with Crippen molar-refractivity contribution in [1.29, 1.82) is 0 Å². The van der Waals surface area contributed by atoms with Crippen molar-refractivity contribution in [2.75, 3.05) is 0 Å². The summed E-state index contributed by atoms with van der Waals surface area (Å²) < 4.78 is 0. The van der Waals surface area contributed by atoms with E-state index in [9.17, 15) is 15.0 Å². The summed E-state index contributed by atoms with van der Waals surface area (Å²) >= 11 is 0. The number of aliphatic carboxylic acids is 1. The van der Waals surface area contributed by atoms with Crippen LogP contribution in [0.2, 0.25) is 0 Å². The number of aliphatic hydroxyl groups excluding tert-OH is 2. The van der Waals surface area contributed by atoms with Gasteiger partial charge in [-0.3, -0.25) is 0 Å². The highest BCUT2D eigenvalue weighted by atomic mass is 16.4. The minimum absolute atomic E-state index is 0.579. The number of aliphatic hydroxyl groups is 2. The Morgan fingerprint density at radius 3 is 1.92 bits per heavy atom. The Hall–Kier alpha value is -1.39. The predicted octanol–water partition coefficient (Wildman–Crippen LogP) is 5.16. The average molecular weight is 367 g/mol. The Morgan fingerprint density at radius 1 is 0.769 bits per heavy atom. The van der Waals surface area contributed by atoms with Crippen molar-refractivity contribution < 1.29 is 20.1 Å².